The van der Waals surface area contributed by atoms with Crippen molar-refractivity contribution in [3.8, 4) is 0 Å². The van der Waals surface area contributed by atoms with Crippen molar-refractivity contribution < 1.29 is 79.7 Å². The minimum absolute atomic E-state index is 0. The second-order valence-corrected chi connectivity index (χ2v) is 0. The van der Waals surface area contributed by atoms with Gasteiger partial charge in [0.25, 0.3) is 0 Å². The Balaban J connectivity index is -0.000000000333. The van der Waals surface area contributed by atoms with Crippen molar-refractivity contribution in [1.82, 2.24) is 0 Å². The first-order valence-electron chi connectivity index (χ1n) is 0.447. The van der Waals surface area contributed by atoms with E-state index in [4.69, 9.17) is 5.11 Å². The molecule has 0 aliphatic carbocycles. The zero-order valence-electron chi connectivity index (χ0n) is 3.81. The molecule has 0 spiro atoms. The number of hydrogen-bond donors (Lipinski definition) is 1. The van der Waals surface area contributed by atoms with Crippen molar-refractivity contribution >= 4 is 0 Å². The summed E-state index contributed by atoms with van der Waals surface area (Å²) in [7, 11) is 1.00. The minimum atomic E-state index is 0. The predicted molar refractivity (Wildman–Crippen MR) is 11.8 cm³/mol. The van der Waals surface area contributed by atoms with Crippen LogP contribution in [0.15, 0.2) is 0 Å². The van der Waals surface area contributed by atoms with E-state index in [0.29, 0.717) is 0 Å². The summed E-state index contributed by atoms with van der Waals surface area (Å²) in [6, 6.07) is 0. The van der Waals surface area contributed by atoms with Crippen LogP contribution in [0.3, 0.4) is 0 Å². The Morgan fingerprint density at radius 3 is 0.750 bits per heavy atom. The second-order valence-electron chi connectivity index (χ2n) is 0. The van der Waals surface area contributed by atoms with Crippen LogP contribution in [0.5, 0.6) is 0 Å². The molecule has 0 radical (unpaired) electrons. The van der Waals surface area contributed by atoms with Gasteiger partial charge in [-0.15, -0.1) is 0 Å². The molecular weight excluding hydrogens is 287 g/mol. The molecule has 8 heavy (non-hydrogen) atoms. The topological polar surface area (TPSA) is 51.7 Å². The largest absolute Gasteiger partial charge is 4.00 e. The molecule has 0 unspecified atom stereocenters. The van der Waals surface area contributed by atoms with E-state index < -0.39 is 0 Å². The van der Waals surface area contributed by atoms with Crippen LogP contribution < -0.4 is 49.6 Å². The third-order valence-corrected chi connectivity index (χ3v) is 0. The van der Waals surface area contributed by atoms with Gasteiger partial charge in [0, 0.05) is 7.11 Å². The molecular formula is CH6Cl4O2Ru. The normalized spacial score (nSPS) is 0.750. The summed E-state index contributed by atoms with van der Waals surface area (Å²) in [5, 5.41) is 7.00. The third kappa shape index (κ3) is 119. The Morgan fingerprint density at radius 2 is 0.750 bits per heavy atom. The van der Waals surface area contributed by atoms with E-state index in [0.717, 1.165) is 7.11 Å². The van der Waals surface area contributed by atoms with Crippen LogP contribution in [0, 0.1) is 0 Å². The van der Waals surface area contributed by atoms with E-state index in [1.807, 2.05) is 0 Å². The van der Waals surface area contributed by atoms with E-state index in [9.17, 15) is 0 Å². The second kappa shape index (κ2) is 178. The third-order valence-electron chi connectivity index (χ3n) is 0. The molecule has 0 amide bonds. The number of aliphatic hydroxyl groups is 1. The summed E-state index contributed by atoms with van der Waals surface area (Å²) in [6.07, 6.45) is 0. The summed E-state index contributed by atoms with van der Waals surface area (Å²) in [4.78, 5) is 0. The smallest absolute Gasteiger partial charge is 1.00 e. The number of aliphatic hydroxyl groups excluding tert-OH is 1. The fraction of sp³-hybridized carbons (Fsp3) is 1.00. The minimum Gasteiger partial charge on any atom is -1.00 e. The summed E-state index contributed by atoms with van der Waals surface area (Å²) in [5.74, 6) is 0. The SMILES string of the molecule is CO.O.[Cl-].[Cl-].[Cl-].[Cl-].[Ru+4]. The zero-order chi connectivity index (χ0) is 2.00. The standard InChI is InChI=1S/CH4O.4ClH.H2O.Ru/c1-2;;;;;;/h2H,1H3;4*1H;1H2;/q;;;;;;+4/p-4. The first kappa shape index (κ1) is 101. The van der Waals surface area contributed by atoms with Crippen LogP contribution >= 0.6 is 0 Å². The molecule has 0 aliphatic rings. The van der Waals surface area contributed by atoms with Crippen LogP contribution in [0.1, 0.15) is 0 Å². The monoisotopic (exact) mass is 292 g/mol. The van der Waals surface area contributed by atoms with Crippen molar-refractivity contribution in [2.45, 2.75) is 0 Å². The molecule has 3 N–H and O–H groups in total. The van der Waals surface area contributed by atoms with Gasteiger partial charge in [0.05, 0.1) is 0 Å². The van der Waals surface area contributed by atoms with Crippen LogP contribution in [-0.2, 0) is 19.5 Å². The fourth-order valence-electron chi connectivity index (χ4n) is 0. The molecule has 0 aromatic carbocycles. The molecule has 0 aromatic rings. The molecule has 0 saturated carbocycles. The quantitative estimate of drug-likeness (QED) is 0.443. The van der Waals surface area contributed by atoms with E-state index in [-0.39, 0.29) is 74.6 Å². The van der Waals surface area contributed by atoms with E-state index in [1.54, 1.807) is 0 Å². The average molecular weight is 293 g/mol. The maximum atomic E-state index is 7.00. The van der Waals surface area contributed by atoms with Gasteiger partial charge in [-0.25, -0.2) is 0 Å². The summed E-state index contributed by atoms with van der Waals surface area (Å²) in [5.41, 5.74) is 0. The van der Waals surface area contributed by atoms with Crippen LogP contribution in [0.25, 0.3) is 0 Å². The van der Waals surface area contributed by atoms with E-state index in [2.05, 4.69) is 0 Å². The van der Waals surface area contributed by atoms with Gasteiger partial charge in [-0.05, 0) is 0 Å². The first-order chi connectivity index (χ1) is 1.00. The van der Waals surface area contributed by atoms with Gasteiger partial charge in [-0.1, -0.05) is 0 Å². The Hall–Kier alpha value is 1.70. The molecule has 2 nitrogen and oxygen atoms in total. The fourth-order valence-corrected chi connectivity index (χ4v) is 0. The van der Waals surface area contributed by atoms with Gasteiger partial charge < -0.3 is 60.2 Å². The summed E-state index contributed by atoms with van der Waals surface area (Å²) in [6.45, 7) is 0. The Kier molecular flexibility index (Phi) is 2240. The maximum absolute atomic E-state index is 7.00. The molecule has 58 valence electrons. The van der Waals surface area contributed by atoms with Crippen LogP contribution in [0.2, 0.25) is 0 Å². The predicted octanol–water partition coefficient (Wildman–Crippen LogP) is -13.2. The van der Waals surface area contributed by atoms with Gasteiger partial charge in [0.1, 0.15) is 0 Å². The first-order valence-corrected chi connectivity index (χ1v) is 0.447. The summed E-state index contributed by atoms with van der Waals surface area (Å²) < 4.78 is 0. The van der Waals surface area contributed by atoms with Crippen molar-refractivity contribution in [1.29, 1.82) is 0 Å². The van der Waals surface area contributed by atoms with E-state index in [1.165, 1.54) is 0 Å². The molecule has 7 heteroatoms. The van der Waals surface area contributed by atoms with Gasteiger partial charge in [-0.2, -0.15) is 0 Å². The van der Waals surface area contributed by atoms with Crippen LogP contribution in [0.4, 0.5) is 0 Å². The molecule has 0 bridgehead atoms. The molecule has 0 aliphatic heterocycles. The van der Waals surface area contributed by atoms with Crippen molar-refractivity contribution in [3.05, 3.63) is 0 Å². The number of halogens is 4. The van der Waals surface area contributed by atoms with Crippen molar-refractivity contribution in [2.75, 3.05) is 7.11 Å². The molecule has 0 saturated heterocycles. The van der Waals surface area contributed by atoms with Gasteiger partial charge in [0.2, 0.25) is 0 Å². The Labute approximate surface area is 86.5 Å². The average Bonchev–Trinajstić information content (AvgIpc) is 1.00. The Bertz CT molecular complexity index is 14.0. The summed E-state index contributed by atoms with van der Waals surface area (Å²) >= 11 is 0. The molecule has 0 aromatic heterocycles. The molecule has 0 heterocycles. The van der Waals surface area contributed by atoms with Crippen LogP contribution in [-0.4, -0.2) is 17.7 Å². The van der Waals surface area contributed by atoms with Gasteiger partial charge in [-0.3, -0.25) is 0 Å². The molecule has 0 fully saturated rings. The molecule has 0 rings (SSSR count). The van der Waals surface area contributed by atoms with Crippen molar-refractivity contribution in [3.63, 3.8) is 0 Å². The van der Waals surface area contributed by atoms with Gasteiger partial charge >= 0.3 is 19.5 Å². The number of hydrogen-bond acceptors (Lipinski definition) is 1. The maximum Gasteiger partial charge on any atom is 4.00 e. The number of rotatable bonds is 0. The molecule has 0 atom stereocenters. The zero-order valence-corrected chi connectivity index (χ0v) is 8.57. The van der Waals surface area contributed by atoms with E-state index >= 15 is 0 Å². The van der Waals surface area contributed by atoms with Gasteiger partial charge in [0.15, 0.2) is 0 Å². The van der Waals surface area contributed by atoms with Crippen molar-refractivity contribution in [2.24, 2.45) is 0 Å². The Morgan fingerprint density at radius 1 is 0.750 bits per heavy atom.